The zero-order chi connectivity index (χ0) is 19.1. The van der Waals surface area contributed by atoms with Crippen LogP contribution in [0.2, 0.25) is 5.15 Å². The predicted molar refractivity (Wildman–Crippen MR) is 111 cm³/mol. The second-order valence-electron chi connectivity index (χ2n) is 6.31. The van der Waals surface area contributed by atoms with Crippen LogP contribution in [0.3, 0.4) is 0 Å². The van der Waals surface area contributed by atoms with Gasteiger partial charge in [0, 0.05) is 38.9 Å². The van der Waals surface area contributed by atoms with Crippen molar-refractivity contribution in [3.63, 3.8) is 0 Å². The zero-order valence-corrected chi connectivity index (χ0v) is 16.6. The Morgan fingerprint density at radius 3 is 2.63 bits per heavy atom. The fourth-order valence-corrected chi connectivity index (χ4v) is 3.25. The minimum atomic E-state index is 0.502. The van der Waals surface area contributed by atoms with Gasteiger partial charge in [-0.3, -0.25) is 0 Å². The molecule has 2 aromatic rings. The normalized spacial score (nSPS) is 15.0. The highest BCUT2D eigenvalue weighted by atomic mass is 35.5. The molecule has 1 aromatic heterocycles. The predicted octanol–water partition coefficient (Wildman–Crippen LogP) is 3.03. The molecule has 7 heteroatoms. The third kappa shape index (κ3) is 5.04. The molecule has 144 valence electrons. The summed E-state index contributed by atoms with van der Waals surface area (Å²) < 4.78 is 5.50. The van der Waals surface area contributed by atoms with Gasteiger partial charge in [-0.15, -0.1) is 0 Å². The fourth-order valence-electron chi connectivity index (χ4n) is 3.14. The molecule has 0 aliphatic carbocycles. The van der Waals surface area contributed by atoms with Crippen LogP contribution in [0.1, 0.15) is 12.5 Å². The molecule has 0 spiro atoms. The van der Waals surface area contributed by atoms with Gasteiger partial charge in [0.05, 0.1) is 19.3 Å². The lowest BCUT2D eigenvalue weighted by Crippen LogP contribution is -2.52. The first-order chi connectivity index (χ1) is 13.2. The number of para-hydroxylation sites is 2. The van der Waals surface area contributed by atoms with Crippen LogP contribution in [0.15, 0.2) is 47.6 Å². The summed E-state index contributed by atoms with van der Waals surface area (Å²) in [6.45, 7) is 7.17. The highest BCUT2D eigenvalue weighted by molar-refractivity contribution is 6.29. The van der Waals surface area contributed by atoms with Crippen molar-refractivity contribution in [1.29, 1.82) is 0 Å². The van der Waals surface area contributed by atoms with E-state index in [1.807, 2.05) is 18.2 Å². The number of nitrogens with zero attached hydrogens (tertiary/aromatic N) is 4. The number of aliphatic imine (C=N–C) groups is 1. The van der Waals surface area contributed by atoms with Crippen LogP contribution in [0.25, 0.3) is 0 Å². The standard InChI is InChI=1S/C20H26ClN5O/c1-3-22-20(24-15-16-8-9-19(21)23-14-16)26-12-10-25(11-13-26)17-6-4-5-7-18(17)27-2/h4-9,14H,3,10-13,15H2,1-2H3,(H,22,24). The first-order valence-electron chi connectivity index (χ1n) is 9.23. The smallest absolute Gasteiger partial charge is 0.194 e. The van der Waals surface area contributed by atoms with Gasteiger partial charge in [0.25, 0.3) is 0 Å². The van der Waals surface area contributed by atoms with Gasteiger partial charge in [0.1, 0.15) is 10.9 Å². The van der Waals surface area contributed by atoms with E-state index in [1.54, 1.807) is 19.4 Å². The van der Waals surface area contributed by atoms with E-state index in [0.29, 0.717) is 11.7 Å². The van der Waals surface area contributed by atoms with Crippen LogP contribution in [-0.2, 0) is 6.54 Å². The minimum Gasteiger partial charge on any atom is -0.495 e. The Morgan fingerprint density at radius 2 is 1.96 bits per heavy atom. The Morgan fingerprint density at radius 1 is 1.19 bits per heavy atom. The van der Waals surface area contributed by atoms with E-state index >= 15 is 0 Å². The first-order valence-corrected chi connectivity index (χ1v) is 9.60. The van der Waals surface area contributed by atoms with Crippen molar-refractivity contribution < 1.29 is 4.74 Å². The summed E-state index contributed by atoms with van der Waals surface area (Å²) in [5.41, 5.74) is 2.19. The van der Waals surface area contributed by atoms with E-state index in [-0.39, 0.29) is 0 Å². The summed E-state index contributed by atoms with van der Waals surface area (Å²) in [5.74, 6) is 1.86. The third-order valence-electron chi connectivity index (χ3n) is 4.54. The number of hydrogen-bond acceptors (Lipinski definition) is 4. The monoisotopic (exact) mass is 387 g/mol. The molecule has 0 unspecified atom stereocenters. The number of anilines is 1. The number of pyridine rings is 1. The van der Waals surface area contributed by atoms with Crippen LogP contribution in [-0.4, -0.2) is 55.7 Å². The van der Waals surface area contributed by atoms with Gasteiger partial charge in [0.15, 0.2) is 5.96 Å². The lowest BCUT2D eigenvalue weighted by atomic mass is 10.2. The van der Waals surface area contributed by atoms with Crippen molar-refractivity contribution in [2.24, 2.45) is 4.99 Å². The van der Waals surface area contributed by atoms with Crippen LogP contribution in [0.5, 0.6) is 5.75 Å². The topological polar surface area (TPSA) is 53.0 Å². The highest BCUT2D eigenvalue weighted by Gasteiger charge is 2.21. The van der Waals surface area contributed by atoms with E-state index in [4.69, 9.17) is 21.3 Å². The number of piperazine rings is 1. The quantitative estimate of drug-likeness (QED) is 0.485. The molecule has 0 atom stereocenters. The third-order valence-corrected chi connectivity index (χ3v) is 4.76. The molecular weight excluding hydrogens is 362 g/mol. The second-order valence-corrected chi connectivity index (χ2v) is 6.69. The van der Waals surface area contributed by atoms with E-state index in [9.17, 15) is 0 Å². The van der Waals surface area contributed by atoms with Crippen LogP contribution >= 0.6 is 11.6 Å². The van der Waals surface area contributed by atoms with Gasteiger partial charge in [-0.25, -0.2) is 9.98 Å². The molecule has 2 heterocycles. The molecule has 1 aliphatic heterocycles. The number of benzene rings is 1. The van der Waals surface area contributed by atoms with E-state index < -0.39 is 0 Å². The molecule has 1 aliphatic rings. The maximum absolute atomic E-state index is 5.85. The van der Waals surface area contributed by atoms with E-state index in [0.717, 1.165) is 55.7 Å². The highest BCUT2D eigenvalue weighted by Crippen LogP contribution is 2.28. The number of ether oxygens (including phenoxy) is 1. The maximum Gasteiger partial charge on any atom is 0.194 e. The molecule has 1 aromatic carbocycles. The van der Waals surface area contributed by atoms with Gasteiger partial charge in [-0.05, 0) is 30.7 Å². The van der Waals surface area contributed by atoms with Crippen LogP contribution in [0, 0.1) is 0 Å². The Hall–Kier alpha value is -2.47. The number of hydrogen-bond donors (Lipinski definition) is 1. The molecule has 1 fully saturated rings. The molecular formula is C20H26ClN5O. The average molecular weight is 388 g/mol. The van der Waals surface area contributed by atoms with Gasteiger partial charge in [0.2, 0.25) is 0 Å². The molecule has 1 N–H and O–H groups in total. The van der Waals surface area contributed by atoms with Crippen molar-refractivity contribution in [3.8, 4) is 5.75 Å². The fraction of sp³-hybridized carbons (Fsp3) is 0.400. The lowest BCUT2D eigenvalue weighted by Gasteiger charge is -2.38. The molecule has 6 nitrogen and oxygen atoms in total. The number of halogens is 1. The summed E-state index contributed by atoms with van der Waals surface area (Å²) in [6, 6.07) is 11.9. The summed E-state index contributed by atoms with van der Waals surface area (Å²) in [6.07, 6.45) is 1.77. The number of rotatable bonds is 5. The van der Waals surface area contributed by atoms with Gasteiger partial charge >= 0.3 is 0 Å². The van der Waals surface area contributed by atoms with Crippen molar-refractivity contribution in [2.45, 2.75) is 13.5 Å². The molecule has 0 amide bonds. The van der Waals surface area contributed by atoms with Crippen LogP contribution < -0.4 is 15.0 Å². The minimum absolute atomic E-state index is 0.502. The Bertz CT molecular complexity index is 757. The molecule has 0 saturated carbocycles. The van der Waals surface area contributed by atoms with Gasteiger partial charge < -0.3 is 19.9 Å². The molecule has 0 bridgehead atoms. The molecule has 0 radical (unpaired) electrons. The number of methoxy groups -OCH3 is 1. The Balaban J connectivity index is 1.64. The molecule has 27 heavy (non-hydrogen) atoms. The maximum atomic E-state index is 5.85. The molecule has 1 saturated heterocycles. The number of aromatic nitrogens is 1. The van der Waals surface area contributed by atoms with Crippen LogP contribution in [0.4, 0.5) is 5.69 Å². The van der Waals surface area contributed by atoms with E-state index in [2.05, 4.69) is 39.2 Å². The zero-order valence-electron chi connectivity index (χ0n) is 15.9. The van der Waals surface area contributed by atoms with Crippen molar-refractivity contribution in [3.05, 3.63) is 53.3 Å². The second kappa shape index (κ2) is 9.46. The SMILES string of the molecule is CCNC(=NCc1ccc(Cl)nc1)N1CCN(c2ccccc2OC)CC1. The lowest BCUT2D eigenvalue weighted by molar-refractivity contribution is 0.367. The summed E-state index contributed by atoms with van der Waals surface area (Å²) in [5, 5.41) is 3.90. The summed E-state index contributed by atoms with van der Waals surface area (Å²) in [7, 11) is 1.72. The van der Waals surface area contributed by atoms with Gasteiger partial charge in [-0.2, -0.15) is 0 Å². The largest absolute Gasteiger partial charge is 0.495 e. The van der Waals surface area contributed by atoms with E-state index in [1.165, 1.54) is 0 Å². The number of guanidine groups is 1. The Labute approximate surface area is 165 Å². The molecule has 3 rings (SSSR count). The van der Waals surface area contributed by atoms with Crippen molar-refractivity contribution in [2.75, 3.05) is 44.7 Å². The summed E-state index contributed by atoms with van der Waals surface area (Å²) in [4.78, 5) is 13.6. The average Bonchev–Trinajstić information content (AvgIpc) is 2.72. The first kappa shape index (κ1) is 19.3. The number of nitrogens with one attached hydrogen (secondary N) is 1. The van der Waals surface area contributed by atoms with Crippen molar-refractivity contribution in [1.82, 2.24) is 15.2 Å². The Kier molecular flexibility index (Phi) is 6.76. The van der Waals surface area contributed by atoms with Crippen molar-refractivity contribution >= 4 is 23.2 Å². The summed E-state index contributed by atoms with van der Waals surface area (Å²) >= 11 is 5.85. The van der Waals surface area contributed by atoms with Gasteiger partial charge in [-0.1, -0.05) is 29.8 Å².